The van der Waals surface area contributed by atoms with Crippen LogP contribution >= 0.6 is 0 Å². The molecule has 3 heterocycles. The van der Waals surface area contributed by atoms with E-state index in [0.717, 1.165) is 18.4 Å². The zero-order valence-electron chi connectivity index (χ0n) is 17.1. The Morgan fingerprint density at radius 1 is 1.26 bits per heavy atom. The van der Waals surface area contributed by atoms with E-state index in [-0.39, 0.29) is 23.7 Å². The fourth-order valence-electron chi connectivity index (χ4n) is 3.36. The van der Waals surface area contributed by atoms with Crippen molar-refractivity contribution in [1.82, 2.24) is 29.5 Å². The maximum atomic E-state index is 11.5. The van der Waals surface area contributed by atoms with Crippen LogP contribution in [0.2, 0.25) is 0 Å². The van der Waals surface area contributed by atoms with Gasteiger partial charge in [-0.15, -0.1) is 0 Å². The predicted octanol–water partition coefficient (Wildman–Crippen LogP) is 0.654. The van der Waals surface area contributed by atoms with Crippen LogP contribution in [0.3, 0.4) is 0 Å². The largest absolute Gasteiger partial charge is 0.493 e. The number of H-pyrrole nitrogens is 2. The van der Waals surface area contributed by atoms with Crippen LogP contribution < -0.4 is 21.4 Å². The van der Waals surface area contributed by atoms with Crippen LogP contribution in [-0.4, -0.2) is 47.7 Å². The molecular weight excluding hydrogens is 396 g/mol. The van der Waals surface area contributed by atoms with E-state index in [2.05, 4.69) is 34.1 Å². The molecule has 1 aromatic carbocycles. The lowest BCUT2D eigenvalue weighted by molar-refractivity contribution is 0.454. The Labute approximate surface area is 176 Å². The van der Waals surface area contributed by atoms with Gasteiger partial charge in [0.05, 0.1) is 18.3 Å². The Kier molecular flexibility index (Phi) is 4.54. The van der Waals surface area contributed by atoms with Crippen molar-refractivity contribution in [2.24, 2.45) is 4.99 Å². The molecule has 3 aromatic heterocycles. The minimum Gasteiger partial charge on any atom is -0.493 e. The first-order valence-electron chi connectivity index (χ1n) is 10.1. The molecule has 0 radical (unpaired) electrons. The van der Waals surface area contributed by atoms with E-state index >= 15 is 0 Å². The molecule has 1 atom stereocenters. The van der Waals surface area contributed by atoms with Gasteiger partial charge in [0.15, 0.2) is 5.65 Å². The summed E-state index contributed by atoms with van der Waals surface area (Å²) in [5, 5.41) is 14.9. The number of hydrogen-bond acceptors (Lipinski definition) is 7. The summed E-state index contributed by atoms with van der Waals surface area (Å²) in [5.41, 5.74) is 1.94. The molecule has 0 unspecified atom stereocenters. The molecule has 1 aliphatic carbocycles. The molecule has 0 bridgehead atoms. The SMILES string of the molecule is C[C@H](c1ccccc1)N(C)c1nc(=NC2CC2)n2ncc(=Cc3[nH]c(=O)[nH]c3O)c2n1. The van der Waals surface area contributed by atoms with Gasteiger partial charge < -0.3 is 15.0 Å². The second-order valence-corrected chi connectivity index (χ2v) is 7.70. The summed E-state index contributed by atoms with van der Waals surface area (Å²) in [6.07, 6.45) is 5.31. The molecule has 1 aliphatic rings. The van der Waals surface area contributed by atoms with E-state index in [4.69, 9.17) is 15.0 Å². The number of benzene rings is 1. The van der Waals surface area contributed by atoms with Crippen LogP contribution in [0.25, 0.3) is 11.7 Å². The van der Waals surface area contributed by atoms with Gasteiger partial charge in [-0.05, 0) is 31.4 Å². The summed E-state index contributed by atoms with van der Waals surface area (Å²) in [4.78, 5) is 32.5. The minimum absolute atomic E-state index is 0.0397. The molecule has 1 fully saturated rings. The lowest BCUT2D eigenvalue weighted by Gasteiger charge is -2.25. The Bertz CT molecular complexity index is 1420. The lowest BCUT2D eigenvalue weighted by Crippen LogP contribution is -2.30. The van der Waals surface area contributed by atoms with Crippen LogP contribution in [-0.2, 0) is 0 Å². The highest BCUT2D eigenvalue weighted by Gasteiger charge is 2.22. The van der Waals surface area contributed by atoms with Crippen LogP contribution in [0, 0.1) is 0 Å². The maximum Gasteiger partial charge on any atom is 0.326 e. The van der Waals surface area contributed by atoms with Crippen LogP contribution in [0.1, 0.15) is 37.1 Å². The Morgan fingerprint density at radius 3 is 2.71 bits per heavy atom. The summed E-state index contributed by atoms with van der Waals surface area (Å²) in [5.74, 6) is 0.279. The van der Waals surface area contributed by atoms with Crippen molar-refractivity contribution in [1.29, 1.82) is 0 Å². The van der Waals surface area contributed by atoms with E-state index in [1.54, 1.807) is 16.8 Å². The van der Waals surface area contributed by atoms with E-state index in [1.165, 1.54) is 0 Å². The summed E-state index contributed by atoms with van der Waals surface area (Å²) in [6, 6.07) is 10.4. The molecule has 0 saturated heterocycles. The maximum absolute atomic E-state index is 11.5. The summed E-state index contributed by atoms with van der Waals surface area (Å²) >= 11 is 0. The van der Waals surface area contributed by atoms with Crippen molar-refractivity contribution in [3.05, 3.63) is 69.1 Å². The Morgan fingerprint density at radius 2 is 2.03 bits per heavy atom. The first-order chi connectivity index (χ1) is 15.0. The van der Waals surface area contributed by atoms with E-state index in [1.807, 2.05) is 30.1 Å². The molecule has 1 saturated carbocycles. The summed E-state index contributed by atoms with van der Waals surface area (Å²) < 4.78 is 1.59. The highest BCUT2D eigenvalue weighted by Crippen LogP contribution is 2.23. The third-order valence-electron chi connectivity index (χ3n) is 5.42. The van der Waals surface area contributed by atoms with Gasteiger partial charge in [-0.25, -0.2) is 9.79 Å². The average molecular weight is 418 g/mol. The number of rotatable bonds is 5. The fourth-order valence-corrected chi connectivity index (χ4v) is 3.36. The first-order valence-corrected chi connectivity index (χ1v) is 10.1. The smallest absolute Gasteiger partial charge is 0.326 e. The van der Waals surface area contributed by atoms with Gasteiger partial charge in [0.2, 0.25) is 11.8 Å². The number of nitrogens with one attached hydrogen (secondary N) is 2. The number of imidazole rings is 1. The molecule has 4 aromatic rings. The monoisotopic (exact) mass is 418 g/mol. The minimum atomic E-state index is -0.489. The number of aromatic amines is 2. The molecular formula is C21H22N8O2. The zero-order chi connectivity index (χ0) is 21.5. The quantitative estimate of drug-likeness (QED) is 0.437. The normalized spacial score (nSPS) is 16.2. The van der Waals surface area contributed by atoms with Crippen LogP contribution in [0.5, 0.6) is 5.88 Å². The molecule has 5 rings (SSSR count). The highest BCUT2D eigenvalue weighted by atomic mass is 16.3. The Balaban J connectivity index is 1.67. The third kappa shape index (κ3) is 3.67. The first kappa shape index (κ1) is 19.0. The molecule has 10 nitrogen and oxygen atoms in total. The third-order valence-corrected chi connectivity index (χ3v) is 5.42. The highest BCUT2D eigenvalue weighted by molar-refractivity contribution is 5.57. The molecule has 31 heavy (non-hydrogen) atoms. The number of aromatic hydroxyl groups is 1. The van der Waals surface area contributed by atoms with Crippen molar-refractivity contribution < 1.29 is 5.11 Å². The van der Waals surface area contributed by atoms with Gasteiger partial charge in [0.1, 0.15) is 5.69 Å². The van der Waals surface area contributed by atoms with E-state index in [0.29, 0.717) is 22.4 Å². The summed E-state index contributed by atoms with van der Waals surface area (Å²) in [7, 11) is 1.94. The van der Waals surface area contributed by atoms with Crippen molar-refractivity contribution in [2.45, 2.75) is 31.8 Å². The second kappa shape index (κ2) is 7.38. The number of aromatic nitrogens is 6. The predicted molar refractivity (Wildman–Crippen MR) is 114 cm³/mol. The summed E-state index contributed by atoms with van der Waals surface area (Å²) in [6.45, 7) is 2.09. The van der Waals surface area contributed by atoms with Gasteiger partial charge in [-0.2, -0.15) is 19.6 Å². The standard InChI is InChI=1S/C21H22N8O2/c1-12(13-6-4-3-5-7-13)28(2)19-25-17-14(10-16-18(30)26-21(31)24-16)11-22-29(17)20(27-19)23-15-8-9-15/h3-7,10-12,15,30H,8-9H2,1-2H3,(H2,24,26,31)/t12-/m1/s1. The van der Waals surface area contributed by atoms with Crippen molar-refractivity contribution in [3.8, 4) is 5.88 Å². The van der Waals surface area contributed by atoms with Gasteiger partial charge in [0, 0.05) is 12.3 Å². The van der Waals surface area contributed by atoms with Gasteiger partial charge >= 0.3 is 5.69 Å². The molecule has 0 amide bonds. The average Bonchev–Trinajstić information content (AvgIpc) is 3.41. The van der Waals surface area contributed by atoms with Gasteiger partial charge in [-0.1, -0.05) is 30.3 Å². The molecule has 3 N–H and O–H groups in total. The van der Waals surface area contributed by atoms with Gasteiger partial charge in [-0.3, -0.25) is 4.98 Å². The van der Waals surface area contributed by atoms with Crippen LogP contribution in [0.15, 0.2) is 46.3 Å². The van der Waals surface area contributed by atoms with Gasteiger partial charge in [0.25, 0.3) is 5.62 Å². The second-order valence-electron chi connectivity index (χ2n) is 7.70. The van der Waals surface area contributed by atoms with Crippen molar-refractivity contribution in [3.63, 3.8) is 0 Å². The van der Waals surface area contributed by atoms with Crippen molar-refractivity contribution >= 4 is 17.7 Å². The molecule has 0 aliphatic heterocycles. The fraction of sp³-hybridized carbons (Fsp3) is 0.286. The molecule has 10 heteroatoms. The number of fused-ring (bicyclic) bond motifs is 1. The topological polar surface area (TPSA) is 128 Å². The molecule has 0 spiro atoms. The van der Waals surface area contributed by atoms with Crippen molar-refractivity contribution in [2.75, 3.05) is 11.9 Å². The number of hydrogen-bond donors (Lipinski definition) is 3. The van der Waals surface area contributed by atoms with Crippen LogP contribution in [0.4, 0.5) is 5.95 Å². The molecule has 158 valence electrons. The lowest BCUT2D eigenvalue weighted by atomic mass is 10.1. The van der Waals surface area contributed by atoms with E-state index in [9.17, 15) is 9.90 Å². The van der Waals surface area contributed by atoms with E-state index < -0.39 is 5.69 Å². The number of nitrogens with zero attached hydrogens (tertiary/aromatic N) is 6. The Hall–Kier alpha value is -3.95. The zero-order valence-corrected chi connectivity index (χ0v) is 17.1. The number of anilines is 1.